The molecule has 0 aliphatic rings. The van der Waals surface area contributed by atoms with Crippen LogP contribution in [-0.2, 0) is 13.1 Å². The van der Waals surface area contributed by atoms with E-state index in [1.165, 1.54) is 5.56 Å². The Morgan fingerprint density at radius 2 is 1.83 bits per heavy atom. The molecule has 0 saturated carbocycles. The van der Waals surface area contributed by atoms with E-state index in [2.05, 4.69) is 10.5 Å². The molecule has 0 aliphatic carbocycles. The molecule has 0 aromatic heterocycles. The second-order valence-corrected chi connectivity index (χ2v) is 2.63. The van der Waals surface area contributed by atoms with Crippen LogP contribution < -0.4 is 5.32 Å². The molecule has 64 valence electrons. The Balaban J connectivity index is 2.64. The van der Waals surface area contributed by atoms with E-state index in [1.54, 1.807) is 0 Å². The van der Waals surface area contributed by atoms with Crippen LogP contribution in [0.4, 0.5) is 0 Å². The topological polar surface area (TPSA) is 41.5 Å². The molecule has 12 heavy (non-hydrogen) atoms. The molecule has 0 fully saturated rings. The van der Waals surface area contributed by atoms with Crippen molar-refractivity contribution in [2.45, 2.75) is 13.1 Å². The van der Waals surface area contributed by atoms with E-state index in [-0.39, 0.29) is 6.54 Å². The number of nitroso groups, excluding NO2 is 1. The SMILES string of the molecule is CNCc1ccc(CN=O)cc1. The summed E-state index contributed by atoms with van der Waals surface area (Å²) >= 11 is 0. The van der Waals surface area contributed by atoms with E-state index >= 15 is 0 Å². The van der Waals surface area contributed by atoms with Gasteiger partial charge < -0.3 is 5.32 Å². The predicted molar refractivity (Wildman–Crippen MR) is 48.7 cm³/mol. The minimum Gasteiger partial charge on any atom is -0.316 e. The zero-order valence-corrected chi connectivity index (χ0v) is 7.08. The maximum Gasteiger partial charge on any atom is 0.106 e. The third-order valence-electron chi connectivity index (χ3n) is 1.65. The highest BCUT2D eigenvalue weighted by Gasteiger charge is 1.92. The van der Waals surface area contributed by atoms with E-state index in [4.69, 9.17) is 0 Å². The first kappa shape index (κ1) is 8.87. The van der Waals surface area contributed by atoms with Gasteiger partial charge in [-0.3, -0.25) is 0 Å². The molecular weight excluding hydrogens is 152 g/mol. The normalized spacial score (nSPS) is 9.75. The van der Waals surface area contributed by atoms with Crippen LogP contribution in [0.1, 0.15) is 11.1 Å². The lowest BCUT2D eigenvalue weighted by molar-refractivity contribution is 0.817. The van der Waals surface area contributed by atoms with Gasteiger partial charge in [-0.1, -0.05) is 29.4 Å². The van der Waals surface area contributed by atoms with Crippen molar-refractivity contribution >= 4 is 0 Å². The molecule has 0 unspecified atom stereocenters. The van der Waals surface area contributed by atoms with Gasteiger partial charge in [-0.2, -0.15) is 4.91 Å². The van der Waals surface area contributed by atoms with Crippen LogP contribution in [0, 0.1) is 4.91 Å². The number of hydrogen-bond acceptors (Lipinski definition) is 3. The Labute approximate surface area is 71.8 Å². The first-order valence-corrected chi connectivity index (χ1v) is 3.88. The molecule has 1 rings (SSSR count). The van der Waals surface area contributed by atoms with Gasteiger partial charge in [0.15, 0.2) is 0 Å². The predicted octanol–water partition coefficient (Wildman–Crippen LogP) is 1.67. The summed E-state index contributed by atoms with van der Waals surface area (Å²) in [6, 6.07) is 7.84. The fraction of sp³-hybridized carbons (Fsp3) is 0.333. The average molecular weight is 164 g/mol. The van der Waals surface area contributed by atoms with Crippen molar-refractivity contribution in [2.75, 3.05) is 7.05 Å². The molecule has 1 N–H and O–H groups in total. The van der Waals surface area contributed by atoms with Crippen molar-refractivity contribution < 1.29 is 0 Å². The molecule has 1 aromatic carbocycles. The smallest absolute Gasteiger partial charge is 0.106 e. The maximum atomic E-state index is 9.92. The van der Waals surface area contributed by atoms with E-state index in [0.29, 0.717) is 0 Å². The summed E-state index contributed by atoms with van der Waals surface area (Å²) < 4.78 is 0. The largest absolute Gasteiger partial charge is 0.316 e. The number of nitrogens with zero attached hydrogens (tertiary/aromatic N) is 1. The molecule has 0 bridgehead atoms. The van der Waals surface area contributed by atoms with Crippen molar-refractivity contribution in [3.63, 3.8) is 0 Å². The molecule has 0 radical (unpaired) electrons. The van der Waals surface area contributed by atoms with Crippen LogP contribution in [0.3, 0.4) is 0 Å². The molecule has 0 saturated heterocycles. The lowest BCUT2D eigenvalue weighted by Crippen LogP contribution is -2.04. The molecule has 3 heteroatoms. The van der Waals surface area contributed by atoms with Gasteiger partial charge in [-0.25, -0.2) is 0 Å². The highest BCUT2D eigenvalue weighted by Crippen LogP contribution is 2.04. The van der Waals surface area contributed by atoms with Crippen molar-refractivity contribution in [1.82, 2.24) is 5.32 Å². The number of hydrogen-bond donors (Lipinski definition) is 1. The molecule has 0 spiro atoms. The lowest BCUT2D eigenvalue weighted by Gasteiger charge is -1.99. The number of benzene rings is 1. The first-order chi connectivity index (χ1) is 5.86. The number of rotatable bonds is 4. The molecule has 0 aliphatic heterocycles. The summed E-state index contributed by atoms with van der Waals surface area (Å²) in [6.45, 7) is 1.12. The Morgan fingerprint density at radius 3 is 2.33 bits per heavy atom. The van der Waals surface area contributed by atoms with Gasteiger partial charge in [0.05, 0.1) is 0 Å². The minimum atomic E-state index is 0.264. The van der Waals surface area contributed by atoms with Crippen LogP contribution in [0.25, 0.3) is 0 Å². The van der Waals surface area contributed by atoms with Crippen molar-refractivity contribution in [3.8, 4) is 0 Å². The van der Waals surface area contributed by atoms with E-state index in [9.17, 15) is 4.91 Å². The molecule has 0 amide bonds. The molecule has 0 heterocycles. The fourth-order valence-corrected chi connectivity index (χ4v) is 1.04. The maximum absolute atomic E-state index is 9.92. The van der Waals surface area contributed by atoms with E-state index in [0.717, 1.165) is 12.1 Å². The molecule has 0 atom stereocenters. The third kappa shape index (κ3) is 2.43. The lowest BCUT2D eigenvalue weighted by atomic mass is 10.1. The zero-order valence-electron chi connectivity index (χ0n) is 7.08. The van der Waals surface area contributed by atoms with Crippen LogP contribution in [0.15, 0.2) is 29.4 Å². The summed E-state index contributed by atoms with van der Waals surface area (Å²) in [6.07, 6.45) is 0. The Hall–Kier alpha value is -1.22. The molecular formula is C9H12N2O. The first-order valence-electron chi connectivity index (χ1n) is 3.88. The summed E-state index contributed by atoms with van der Waals surface area (Å²) in [5.74, 6) is 0. The van der Waals surface area contributed by atoms with Gasteiger partial charge in [0, 0.05) is 6.54 Å². The second-order valence-electron chi connectivity index (χ2n) is 2.63. The van der Waals surface area contributed by atoms with Crippen molar-refractivity contribution in [2.24, 2.45) is 5.18 Å². The summed E-state index contributed by atoms with van der Waals surface area (Å²) in [5, 5.41) is 5.87. The Bertz CT molecular complexity index is 243. The third-order valence-corrected chi connectivity index (χ3v) is 1.65. The van der Waals surface area contributed by atoms with Crippen molar-refractivity contribution in [3.05, 3.63) is 40.3 Å². The standard InChI is InChI=1S/C9H12N2O/c1-10-6-8-2-4-9(5-3-8)7-11-12/h2-5,10H,6-7H2,1H3. The van der Waals surface area contributed by atoms with Gasteiger partial charge in [0.2, 0.25) is 0 Å². The molecule has 3 nitrogen and oxygen atoms in total. The van der Waals surface area contributed by atoms with Gasteiger partial charge in [0.1, 0.15) is 6.54 Å². The average Bonchev–Trinajstić information content (AvgIpc) is 2.09. The fourth-order valence-electron chi connectivity index (χ4n) is 1.04. The van der Waals surface area contributed by atoms with Gasteiger partial charge in [-0.15, -0.1) is 0 Å². The van der Waals surface area contributed by atoms with Crippen LogP contribution in [-0.4, -0.2) is 7.05 Å². The monoisotopic (exact) mass is 164 g/mol. The van der Waals surface area contributed by atoms with E-state index < -0.39 is 0 Å². The summed E-state index contributed by atoms with van der Waals surface area (Å²) in [7, 11) is 1.90. The highest BCUT2D eigenvalue weighted by atomic mass is 16.3. The zero-order chi connectivity index (χ0) is 8.81. The van der Waals surface area contributed by atoms with E-state index in [1.807, 2.05) is 31.3 Å². The second kappa shape index (κ2) is 4.62. The summed E-state index contributed by atoms with van der Waals surface area (Å²) in [4.78, 5) is 9.92. The summed E-state index contributed by atoms with van der Waals surface area (Å²) in [5.41, 5.74) is 2.18. The van der Waals surface area contributed by atoms with Crippen LogP contribution in [0.2, 0.25) is 0 Å². The Morgan fingerprint density at radius 1 is 1.25 bits per heavy atom. The van der Waals surface area contributed by atoms with Gasteiger partial charge in [0.25, 0.3) is 0 Å². The molecule has 1 aromatic rings. The minimum absolute atomic E-state index is 0.264. The number of nitrogens with one attached hydrogen (secondary N) is 1. The van der Waals surface area contributed by atoms with Crippen LogP contribution in [0.5, 0.6) is 0 Å². The van der Waals surface area contributed by atoms with Gasteiger partial charge >= 0.3 is 0 Å². The quantitative estimate of drug-likeness (QED) is 0.688. The Kier molecular flexibility index (Phi) is 3.41. The highest BCUT2D eigenvalue weighted by molar-refractivity contribution is 5.22. The van der Waals surface area contributed by atoms with Crippen LogP contribution >= 0.6 is 0 Å². The van der Waals surface area contributed by atoms with Crippen molar-refractivity contribution in [1.29, 1.82) is 0 Å². The van der Waals surface area contributed by atoms with Gasteiger partial charge in [-0.05, 0) is 18.2 Å².